The van der Waals surface area contributed by atoms with Gasteiger partial charge in [-0.1, -0.05) is 23.4 Å². The van der Waals surface area contributed by atoms with Crippen LogP contribution in [0.2, 0.25) is 0 Å². The van der Waals surface area contributed by atoms with E-state index in [0.29, 0.717) is 35.8 Å². The van der Waals surface area contributed by atoms with Crippen molar-refractivity contribution in [2.45, 2.75) is 26.3 Å². The molecule has 0 fully saturated rings. The molecule has 0 spiro atoms. The van der Waals surface area contributed by atoms with Gasteiger partial charge in [-0.2, -0.15) is 4.98 Å². The SMILES string of the molecule is CC(C)N(CCc1nc(-c2ccc(F)cc2)no1)C(=O)c1ccccc1. The van der Waals surface area contributed by atoms with Crippen LogP contribution in [0.3, 0.4) is 0 Å². The maximum Gasteiger partial charge on any atom is 0.254 e. The van der Waals surface area contributed by atoms with Gasteiger partial charge in [0.25, 0.3) is 5.91 Å². The van der Waals surface area contributed by atoms with Gasteiger partial charge < -0.3 is 9.42 Å². The van der Waals surface area contributed by atoms with Gasteiger partial charge in [0.1, 0.15) is 5.82 Å². The van der Waals surface area contributed by atoms with E-state index in [-0.39, 0.29) is 17.8 Å². The summed E-state index contributed by atoms with van der Waals surface area (Å²) in [5.74, 6) is 0.504. The average molecular weight is 353 g/mol. The lowest BCUT2D eigenvalue weighted by Crippen LogP contribution is -2.38. The summed E-state index contributed by atoms with van der Waals surface area (Å²) in [5.41, 5.74) is 1.33. The summed E-state index contributed by atoms with van der Waals surface area (Å²) >= 11 is 0. The van der Waals surface area contributed by atoms with Crippen LogP contribution in [0, 0.1) is 5.82 Å². The summed E-state index contributed by atoms with van der Waals surface area (Å²) < 4.78 is 18.3. The molecule has 1 heterocycles. The highest BCUT2D eigenvalue weighted by atomic mass is 19.1. The largest absolute Gasteiger partial charge is 0.339 e. The van der Waals surface area contributed by atoms with E-state index in [9.17, 15) is 9.18 Å². The van der Waals surface area contributed by atoms with Gasteiger partial charge in [0.05, 0.1) is 0 Å². The van der Waals surface area contributed by atoms with Crippen molar-refractivity contribution in [1.82, 2.24) is 15.0 Å². The number of hydrogen-bond donors (Lipinski definition) is 0. The van der Waals surface area contributed by atoms with Crippen molar-refractivity contribution in [3.8, 4) is 11.4 Å². The van der Waals surface area contributed by atoms with Crippen molar-refractivity contribution in [2.24, 2.45) is 0 Å². The molecule has 2 aromatic carbocycles. The van der Waals surface area contributed by atoms with Crippen LogP contribution in [0.25, 0.3) is 11.4 Å². The molecule has 1 aromatic heterocycles. The molecule has 3 aromatic rings. The van der Waals surface area contributed by atoms with Gasteiger partial charge in [0, 0.05) is 30.1 Å². The zero-order chi connectivity index (χ0) is 18.5. The summed E-state index contributed by atoms with van der Waals surface area (Å²) in [6.07, 6.45) is 0.449. The number of benzene rings is 2. The second kappa shape index (κ2) is 7.91. The molecule has 0 N–H and O–H groups in total. The molecular weight excluding hydrogens is 333 g/mol. The molecule has 0 aliphatic rings. The lowest BCUT2D eigenvalue weighted by molar-refractivity contribution is 0.0704. The molecule has 26 heavy (non-hydrogen) atoms. The third kappa shape index (κ3) is 4.14. The minimum absolute atomic E-state index is 0.0288. The Balaban J connectivity index is 1.68. The third-order valence-corrected chi connectivity index (χ3v) is 4.04. The van der Waals surface area contributed by atoms with E-state index < -0.39 is 0 Å². The normalized spacial score (nSPS) is 10.9. The first-order valence-electron chi connectivity index (χ1n) is 8.49. The number of rotatable bonds is 6. The Morgan fingerprint density at radius 2 is 1.81 bits per heavy atom. The van der Waals surface area contributed by atoms with Crippen molar-refractivity contribution in [2.75, 3.05) is 6.54 Å². The highest BCUT2D eigenvalue weighted by Crippen LogP contribution is 2.17. The molecule has 0 aliphatic carbocycles. The highest BCUT2D eigenvalue weighted by Gasteiger charge is 2.19. The zero-order valence-electron chi connectivity index (χ0n) is 14.7. The third-order valence-electron chi connectivity index (χ3n) is 4.04. The Kier molecular flexibility index (Phi) is 5.41. The fourth-order valence-electron chi connectivity index (χ4n) is 2.63. The van der Waals surface area contributed by atoms with E-state index in [1.165, 1.54) is 12.1 Å². The van der Waals surface area contributed by atoms with E-state index >= 15 is 0 Å². The van der Waals surface area contributed by atoms with Crippen LogP contribution < -0.4 is 0 Å². The lowest BCUT2D eigenvalue weighted by Gasteiger charge is -2.26. The first-order valence-corrected chi connectivity index (χ1v) is 8.49. The molecule has 0 bridgehead atoms. The second-order valence-electron chi connectivity index (χ2n) is 6.23. The van der Waals surface area contributed by atoms with Gasteiger partial charge >= 0.3 is 0 Å². The predicted molar refractivity (Wildman–Crippen MR) is 96.0 cm³/mol. The Morgan fingerprint density at radius 3 is 2.46 bits per heavy atom. The van der Waals surface area contributed by atoms with Gasteiger partial charge in [0.2, 0.25) is 11.7 Å². The standard InChI is InChI=1S/C20H20FN3O2/c1-14(2)24(20(25)16-6-4-3-5-7-16)13-12-18-22-19(23-26-18)15-8-10-17(21)11-9-15/h3-11,14H,12-13H2,1-2H3. The molecular formula is C20H20FN3O2. The van der Waals surface area contributed by atoms with Crippen LogP contribution in [0.15, 0.2) is 59.1 Å². The molecule has 3 rings (SSSR count). The number of halogens is 1. The van der Waals surface area contributed by atoms with Crippen LogP contribution >= 0.6 is 0 Å². The van der Waals surface area contributed by atoms with Gasteiger partial charge in [-0.25, -0.2) is 4.39 Å². The zero-order valence-corrected chi connectivity index (χ0v) is 14.7. The van der Waals surface area contributed by atoms with Crippen molar-refractivity contribution in [3.05, 3.63) is 71.9 Å². The van der Waals surface area contributed by atoms with E-state index in [1.807, 2.05) is 32.0 Å². The Bertz CT molecular complexity index is 860. The van der Waals surface area contributed by atoms with E-state index in [4.69, 9.17) is 4.52 Å². The molecule has 6 heteroatoms. The van der Waals surface area contributed by atoms with Gasteiger partial charge in [-0.3, -0.25) is 4.79 Å². The number of hydrogen-bond acceptors (Lipinski definition) is 4. The second-order valence-corrected chi connectivity index (χ2v) is 6.23. The quantitative estimate of drug-likeness (QED) is 0.673. The first-order chi connectivity index (χ1) is 12.5. The average Bonchev–Trinajstić information content (AvgIpc) is 3.12. The highest BCUT2D eigenvalue weighted by molar-refractivity contribution is 5.94. The first kappa shape index (κ1) is 17.8. The van der Waals surface area contributed by atoms with Crippen LogP contribution in [0.4, 0.5) is 4.39 Å². The fourth-order valence-corrected chi connectivity index (χ4v) is 2.63. The Morgan fingerprint density at radius 1 is 1.12 bits per heavy atom. The Hall–Kier alpha value is -3.02. The molecule has 0 radical (unpaired) electrons. The number of aromatic nitrogens is 2. The van der Waals surface area contributed by atoms with Crippen molar-refractivity contribution >= 4 is 5.91 Å². The lowest BCUT2D eigenvalue weighted by atomic mass is 10.1. The molecule has 0 unspecified atom stereocenters. The van der Waals surface area contributed by atoms with Crippen molar-refractivity contribution in [3.63, 3.8) is 0 Å². The molecule has 0 saturated carbocycles. The van der Waals surface area contributed by atoms with Gasteiger partial charge in [0.15, 0.2) is 0 Å². The maximum atomic E-state index is 13.0. The summed E-state index contributed by atoms with van der Waals surface area (Å²) in [6.45, 7) is 4.41. The molecule has 5 nitrogen and oxygen atoms in total. The van der Waals surface area contributed by atoms with Crippen molar-refractivity contribution < 1.29 is 13.7 Å². The van der Waals surface area contributed by atoms with Crippen LogP contribution in [0.5, 0.6) is 0 Å². The van der Waals surface area contributed by atoms with E-state index in [2.05, 4.69) is 10.1 Å². The smallest absolute Gasteiger partial charge is 0.254 e. The topological polar surface area (TPSA) is 59.2 Å². The summed E-state index contributed by atoms with van der Waals surface area (Å²) in [7, 11) is 0. The predicted octanol–water partition coefficient (Wildman–Crippen LogP) is 3.97. The molecule has 0 saturated heterocycles. The fraction of sp³-hybridized carbons (Fsp3) is 0.250. The number of carbonyl (C=O) groups is 1. The number of nitrogens with zero attached hydrogens (tertiary/aromatic N) is 3. The van der Waals surface area contributed by atoms with Crippen LogP contribution in [0.1, 0.15) is 30.1 Å². The van der Waals surface area contributed by atoms with Crippen molar-refractivity contribution in [1.29, 1.82) is 0 Å². The Labute approximate surface area is 151 Å². The van der Waals surface area contributed by atoms with Crippen LogP contribution in [-0.4, -0.2) is 33.5 Å². The summed E-state index contributed by atoms with van der Waals surface area (Å²) in [4.78, 5) is 18.8. The molecule has 0 atom stereocenters. The summed E-state index contributed by atoms with van der Waals surface area (Å²) in [5, 5.41) is 3.93. The van der Waals surface area contributed by atoms with Gasteiger partial charge in [-0.05, 0) is 50.2 Å². The minimum atomic E-state index is -0.315. The molecule has 1 amide bonds. The number of carbonyl (C=O) groups excluding carboxylic acids is 1. The summed E-state index contributed by atoms with van der Waals surface area (Å²) in [6, 6.07) is 15.1. The van der Waals surface area contributed by atoms with Crippen LogP contribution in [-0.2, 0) is 6.42 Å². The van der Waals surface area contributed by atoms with Gasteiger partial charge in [-0.15, -0.1) is 0 Å². The van der Waals surface area contributed by atoms with E-state index in [1.54, 1.807) is 29.2 Å². The number of amides is 1. The maximum absolute atomic E-state index is 13.0. The molecule has 134 valence electrons. The monoisotopic (exact) mass is 353 g/mol. The minimum Gasteiger partial charge on any atom is -0.339 e. The molecule has 0 aliphatic heterocycles. The van der Waals surface area contributed by atoms with E-state index in [0.717, 1.165) is 0 Å².